The average molecular weight is 378 g/mol. The fourth-order valence-corrected chi connectivity index (χ4v) is 4.09. The van der Waals surface area contributed by atoms with Crippen LogP contribution in [0.15, 0.2) is 42.6 Å². The van der Waals surface area contributed by atoms with Crippen LogP contribution in [0.2, 0.25) is 0 Å². The van der Waals surface area contributed by atoms with Crippen LogP contribution >= 0.6 is 0 Å². The molecule has 7 nitrogen and oxygen atoms in total. The van der Waals surface area contributed by atoms with E-state index in [9.17, 15) is 9.59 Å². The van der Waals surface area contributed by atoms with E-state index < -0.39 is 0 Å². The van der Waals surface area contributed by atoms with Crippen molar-refractivity contribution in [2.45, 2.75) is 6.10 Å². The Morgan fingerprint density at radius 3 is 2.89 bits per heavy atom. The van der Waals surface area contributed by atoms with Gasteiger partial charge in [0.2, 0.25) is 0 Å². The van der Waals surface area contributed by atoms with Crippen LogP contribution in [0.1, 0.15) is 26.4 Å². The summed E-state index contributed by atoms with van der Waals surface area (Å²) in [5.74, 6) is 0.200. The van der Waals surface area contributed by atoms with Gasteiger partial charge in [-0.2, -0.15) is 5.26 Å². The minimum Gasteiger partial charge on any atom is -0.376 e. The minimum absolute atomic E-state index is 0.0000351. The number of rotatable bonds is 4. The number of aromatic nitrogens is 1. The van der Waals surface area contributed by atoms with Crippen molar-refractivity contribution in [3.8, 4) is 6.07 Å². The molecule has 0 unspecified atom stereocenters. The van der Waals surface area contributed by atoms with Crippen LogP contribution in [0, 0.1) is 23.2 Å². The van der Waals surface area contributed by atoms with Crippen LogP contribution in [0.25, 0.3) is 0 Å². The molecular formula is C21H22N4O3. The first kappa shape index (κ1) is 18.3. The number of hydrogen-bond acceptors (Lipinski definition) is 4. The summed E-state index contributed by atoms with van der Waals surface area (Å²) in [6.07, 6.45) is 1.84. The van der Waals surface area contributed by atoms with Crippen LogP contribution in [-0.2, 0) is 11.8 Å². The molecule has 1 aromatic carbocycles. The Balaban J connectivity index is 1.37. The van der Waals surface area contributed by atoms with E-state index in [4.69, 9.17) is 10.00 Å². The van der Waals surface area contributed by atoms with Crippen LogP contribution < -0.4 is 5.32 Å². The van der Waals surface area contributed by atoms with Gasteiger partial charge in [-0.25, -0.2) is 0 Å². The van der Waals surface area contributed by atoms with Crippen molar-refractivity contribution in [2.75, 3.05) is 26.2 Å². The van der Waals surface area contributed by atoms with Crippen molar-refractivity contribution in [1.29, 1.82) is 5.26 Å². The fraction of sp³-hybridized carbons (Fsp3) is 0.381. The zero-order valence-electron chi connectivity index (χ0n) is 15.7. The van der Waals surface area contributed by atoms with Gasteiger partial charge in [0, 0.05) is 50.3 Å². The topological polar surface area (TPSA) is 87.4 Å². The number of fused-ring (bicyclic) bond motifs is 1. The summed E-state index contributed by atoms with van der Waals surface area (Å²) in [4.78, 5) is 26.9. The summed E-state index contributed by atoms with van der Waals surface area (Å²) in [7, 11) is 1.84. The van der Waals surface area contributed by atoms with Gasteiger partial charge in [-0.1, -0.05) is 6.07 Å². The number of likely N-dealkylation sites (tertiary alicyclic amines) is 1. The molecule has 0 spiro atoms. The fourth-order valence-electron chi connectivity index (χ4n) is 4.09. The normalized spacial score (nSPS) is 23.3. The molecule has 2 aliphatic heterocycles. The number of nitrogens with one attached hydrogen (secondary N) is 1. The number of nitrogens with zero attached hydrogens (tertiary/aromatic N) is 3. The molecule has 2 saturated heterocycles. The number of carbonyl (C=O) groups is 2. The van der Waals surface area contributed by atoms with E-state index in [2.05, 4.69) is 11.4 Å². The van der Waals surface area contributed by atoms with Crippen LogP contribution in [0.3, 0.4) is 0 Å². The number of ether oxygens (including phenoxy) is 1. The summed E-state index contributed by atoms with van der Waals surface area (Å²) < 4.78 is 7.68. The lowest BCUT2D eigenvalue weighted by Gasteiger charge is -2.20. The Bertz CT molecular complexity index is 945. The molecule has 2 aliphatic rings. The van der Waals surface area contributed by atoms with Gasteiger partial charge < -0.3 is 19.5 Å². The molecular weight excluding hydrogens is 356 g/mol. The maximum atomic E-state index is 12.8. The molecule has 1 N–H and O–H groups in total. The number of hydrogen-bond donors (Lipinski definition) is 1. The highest BCUT2D eigenvalue weighted by molar-refractivity contribution is 5.95. The van der Waals surface area contributed by atoms with Gasteiger partial charge in [0.25, 0.3) is 11.8 Å². The Labute approximate surface area is 163 Å². The first-order valence-electron chi connectivity index (χ1n) is 9.37. The molecule has 0 radical (unpaired) electrons. The Kier molecular flexibility index (Phi) is 4.88. The van der Waals surface area contributed by atoms with Gasteiger partial charge in [0.15, 0.2) is 0 Å². The monoisotopic (exact) mass is 378 g/mol. The van der Waals surface area contributed by atoms with Gasteiger partial charge >= 0.3 is 0 Å². The van der Waals surface area contributed by atoms with Crippen LogP contribution in [0.5, 0.6) is 0 Å². The van der Waals surface area contributed by atoms with Gasteiger partial charge in [-0.3, -0.25) is 9.59 Å². The quantitative estimate of drug-likeness (QED) is 0.872. The summed E-state index contributed by atoms with van der Waals surface area (Å²) in [6, 6.07) is 12.4. The first-order valence-corrected chi connectivity index (χ1v) is 9.37. The van der Waals surface area contributed by atoms with E-state index in [0.717, 1.165) is 0 Å². The maximum Gasteiger partial charge on any atom is 0.267 e. The number of nitriles is 1. The number of benzene rings is 1. The van der Waals surface area contributed by atoms with Crippen molar-refractivity contribution in [3.63, 3.8) is 0 Å². The molecule has 0 aliphatic carbocycles. The Hall–Kier alpha value is -3.11. The Morgan fingerprint density at radius 1 is 1.29 bits per heavy atom. The molecule has 144 valence electrons. The molecule has 0 saturated carbocycles. The summed E-state index contributed by atoms with van der Waals surface area (Å²) >= 11 is 0. The molecule has 1 aromatic heterocycles. The maximum absolute atomic E-state index is 12.8. The van der Waals surface area contributed by atoms with Gasteiger partial charge in [0.05, 0.1) is 24.3 Å². The highest BCUT2D eigenvalue weighted by Crippen LogP contribution is 2.34. The molecule has 3 atom stereocenters. The second-order valence-electron chi connectivity index (χ2n) is 7.41. The van der Waals surface area contributed by atoms with Gasteiger partial charge in [0.1, 0.15) is 5.69 Å². The zero-order valence-corrected chi connectivity index (χ0v) is 15.7. The standard InChI is InChI=1S/C21H22N4O3/c1-24-7-3-6-18(24)20(26)23-10-16-13-28-19-12-25(11-17(16)19)21(27)15-5-2-4-14(8-15)9-22/h2-8,16-17,19H,10-13H2,1H3,(H,23,26)/t16-,17-,19-/m1/s1. The molecule has 2 amide bonds. The Morgan fingerprint density at radius 2 is 2.14 bits per heavy atom. The van der Waals surface area contributed by atoms with Crippen molar-refractivity contribution in [3.05, 3.63) is 59.4 Å². The molecule has 0 bridgehead atoms. The van der Waals surface area contributed by atoms with E-state index in [1.54, 1.807) is 39.8 Å². The van der Waals surface area contributed by atoms with Crippen molar-refractivity contribution >= 4 is 11.8 Å². The summed E-state index contributed by atoms with van der Waals surface area (Å²) in [5, 5.41) is 12.0. The zero-order chi connectivity index (χ0) is 19.7. The van der Waals surface area contributed by atoms with E-state index in [-0.39, 0.29) is 29.8 Å². The van der Waals surface area contributed by atoms with E-state index >= 15 is 0 Å². The highest BCUT2D eigenvalue weighted by atomic mass is 16.5. The van der Waals surface area contributed by atoms with E-state index in [1.165, 1.54) is 0 Å². The predicted molar refractivity (Wildman–Crippen MR) is 102 cm³/mol. The van der Waals surface area contributed by atoms with E-state index in [0.29, 0.717) is 43.1 Å². The number of aryl methyl sites for hydroxylation is 1. The smallest absolute Gasteiger partial charge is 0.267 e. The third-order valence-corrected chi connectivity index (χ3v) is 5.67. The minimum atomic E-state index is -0.102. The van der Waals surface area contributed by atoms with Crippen LogP contribution in [0.4, 0.5) is 0 Å². The summed E-state index contributed by atoms with van der Waals surface area (Å²) in [6.45, 7) is 2.26. The van der Waals surface area contributed by atoms with Crippen molar-refractivity contribution in [1.82, 2.24) is 14.8 Å². The lowest BCUT2D eigenvalue weighted by atomic mass is 9.93. The van der Waals surface area contributed by atoms with Crippen molar-refractivity contribution < 1.29 is 14.3 Å². The highest BCUT2D eigenvalue weighted by Gasteiger charge is 2.45. The predicted octanol–water partition coefficient (Wildman–Crippen LogP) is 1.41. The second kappa shape index (κ2) is 7.49. The van der Waals surface area contributed by atoms with Crippen LogP contribution in [-0.4, -0.2) is 53.6 Å². The number of amides is 2. The number of carbonyl (C=O) groups excluding carboxylic acids is 2. The van der Waals surface area contributed by atoms with Gasteiger partial charge in [-0.05, 0) is 30.3 Å². The molecule has 28 heavy (non-hydrogen) atoms. The second-order valence-corrected chi connectivity index (χ2v) is 7.41. The third kappa shape index (κ3) is 3.39. The third-order valence-electron chi connectivity index (χ3n) is 5.67. The van der Waals surface area contributed by atoms with Gasteiger partial charge in [-0.15, -0.1) is 0 Å². The lowest BCUT2D eigenvalue weighted by Crippen LogP contribution is -2.35. The molecule has 7 heteroatoms. The molecule has 3 heterocycles. The largest absolute Gasteiger partial charge is 0.376 e. The average Bonchev–Trinajstić information content (AvgIpc) is 3.41. The lowest BCUT2D eigenvalue weighted by molar-refractivity contribution is 0.0674. The SMILES string of the molecule is Cn1cccc1C(=O)NC[C@@H]1CO[C@@H]2CN(C(=O)c3cccc(C#N)c3)C[C@H]12. The molecule has 2 fully saturated rings. The van der Waals surface area contributed by atoms with E-state index in [1.807, 2.05) is 19.3 Å². The molecule has 4 rings (SSSR count). The first-order chi connectivity index (χ1) is 13.6. The molecule has 2 aromatic rings. The van der Waals surface area contributed by atoms with Crippen molar-refractivity contribution in [2.24, 2.45) is 18.9 Å². The summed E-state index contributed by atoms with van der Waals surface area (Å²) in [5.41, 5.74) is 1.62.